The highest BCUT2D eigenvalue weighted by molar-refractivity contribution is 7.09. The number of fused-ring (bicyclic) bond motifs is 1. The predicted molar refractivity (Wildman–Crippen MR) is 67.7 cm³/mol. The highest BCUT2D eigenvalue weighted by Gasteiger charge is 2.19. The largest absolute Gasteiger partial charge is 0.346 e. The first kappa shape index (κ1) is 10.7. The molecule has 0 bridgehead atoms. The Morgan fingerprint density at radius 2 is 2.29 bits per heavy atom. The van der Waals surface area contributed by atoms with E-state index in [2.05, 4.69) is 21.1 Å². The Labute approximate surface area is 104 Å². The molecule has 2 aromatic rings. The molecular weight excluding hydrogens is 232 g/mol. The fourth-order valence-corrected chi connectivity index (χ4v) is 3.08. The average Bonchev–Trinajstić information content (AvgIpc) is 2.86. The van der Waals surface area contributed by atoms with Crippen LogP contribution in [0.2, 0.25) is 0 Å². The van der Waals surface area contributed by atoms with Gasteiger partial charge in [0, 0.05) is 35.5 Å². The Morgan fingerprint density at radius 3 is 3.00 bits per heavy atom. The molecule has 3 nitrogen and oxygen atoms in total. The SMILES string of the molecule is Cc1csc(Cn2cc3c(c2)C(=O)CCC3)n1. The van der Waals surface area contributed by atoms with Crippen LogP contribution in [-0.4, -0.2) is 15.3 Å². The minimum atomic E-state index is 0.292. The molecular formula is C13H14N2OS. The highest BCUT2D eigenvalue weighted by atomic mass is 32.1. The van der Waals surface area contributed by atoms with Crippen LogP contribution in [-0.2, 0) is 13.0 Å². The molecule has 0 spiro atoms. The number of aromatic nitrogens is 2. The first-order chi connectivity index (χ1) is 8.22. The quantitative estimate of drug-likeness (QED) is 0.816. The summed E-state index contributed by atoms with van der Waals surface area (Å²) in [7, 11) is 0. The molecule has 0 atom stereocenters. The lowest BCUT2D eigenvalue weighted by Gasteiger charge is -2.07. The minimum absolute atomic E-state index is 0.292. The third-order valence-electron chi connectivity index (χ3n) is 3.10. The first-order valence-corrected chi connectivity index (χ1v) is 6.73. The maximum atomic E-state index is 11.7. The monoisotopic (exact) mass is 246 g/mol. The van der Waals surface area contributed by atoms with Crippen molar-refractivity contribution in [3.63, 3.8) is 0 Å². The Hall–Kier alpha value is -1.42. The van der Waals surface area contributed by atoms with Crippen LogP contribution in [0.1, 0.15) is 39.5 Å². The summed E-state index contributed by atoms with van der Waals surface area (Å²) in [6, 6.07) is 0. The molecule has 0 unspecified atom stereocenters. The van der Waals surface area contributed by atoms with Crippen LogP contribution in [0.5, 0.6) is 0 Å². The lowest BCUT2D eigenvalue weighted by atomic mass is 9.95. The molecule has 1 aliphatic carbocycles. The summed E-state index contributed by atoms with van der Waals surface area (Å²) >= 11 is 1.67. The summed E-state index contributed by atoms with van der Waals surface area (Å²) in [6.07, 6.45) is 6.81. The molecule has 0 saturated heterocycles. The van der Waals surface area contributed by atoms with Crippen LogP contribution < -0.4 is 0 Å². The zero-order valence-corrected chi connectivity index (χ0v) is 10.6. The van der Waals surface area contributed by atoms with Crippen LogP contribution in [0.4, 0.5) is 0 Å². The van der Waals surface area contributed by atoms with Crippen molar-refractivity contribution < 1.29 is 4.79 Å². The first-order valence-electron chi connectivity index (χ1n) is 5.85. The molecule has 2 aromatic heterocycles. The van der Waals surface area contributed by atoms with E-state index in [-0.39, 0.29) is 0 Å². The van der Waals surface area contributed by atoms with Crippen LogP contribution in [0.3, 0.4) is 0 Å². The van der Waals surface area contributed by atoms with Gasteiger partial charge in [-0.05, 0) is 25.3 Å². The molecule has 0 N–H and O–H groups in total. The maximum Gasteiger partial charge on any atom is 0.164 e. The number of aryl methyl sites for hydroxylation is 2. The Kier molecular flexibility index (Phi) is 2.59. The second-order valence-electron chi connectivity index (χ2n) is 4.53. The van der Waals surface area contributed by atoms with Crippen LogP contribution in [0, 0.1) is 6.92 Å². The molecule has 0 saturated carbocycles. The van der Waals surface area contributed by atoms with Crippen molar-refractivity contribution in [2.45, 2.75) is 32.7 Å². The van der Waals surface area contributed by atoms with Crippen molar-refractivity contribution in [1.82, 2.24) is 9.55 Å². The fourth-order valence-electron chi connectivity index (χ4n) is 2.30. The van der Waals surface area contributed by atoms with E-state index in [1.54, 1.807) is 11.3 Å². The minimum Gasteiger partial charge on any atom is -0.346 e. The fraction of sp³-hybridized carbons (Fsp3) is 0.385. The van der Waals surface area contributed by atoms with Gasteiger partial charge >= 0.3 is 0 Å². The Balaban J connectivity index is 1.87. The summed E-state index contributed by atoms with van der Waals surface area (Å²) in [5.74, 6) is 0.292. The van der Waals surface area contributed by atoms with Gasteiger partial charge in [-0.2, -0.15) is 0 Å². The maximum absolute atomic E-state index is 11.7. The van der Waals surface area contributed by atoms with E-state index in [0.29, 0.717) is 12.2 Å². The number of hydrogen-bond donors (Lipinski definition) is 0. The van der Waals surface area contributed by atoms with Crippen molar-refractivity contribution in [2.75, 3.05) is 0 Å². The summed E-state index contributed by atoms with van der Waals surface area (Å²) in [4.78, 5) is 16.2. The van der Waals surface area contributed by atoms with E-state index in [1.165, 1.54) is 5.56 Å². The average molecular weight is 246 g/mol. The topological polar surface area (TPSA) is 34.9 Å². The van der Waals surface area contributed by atoms with Gasteiger partial charge in [0.2, 0.25) is 0 Å². The van der Waals surface area contributed by atoms with E-state index in [9.17, 15) is 4.79 Å². The van der Waals surface area contributed by atoms with Gasteiger partial charge in [0.15, 0.2) is 5.78 Å². The number of Topliss-reactive ketones (excluding diaryl/α,β-unsaturated/α-hetero) is 1. The second-order valence-corrected chi connectivity index (χ2v) is 5.47. The van der Waals surface area contributed by atoms with Crippen LogP contribution in [0.25, 0.3) is 0 Å². The van der Waals surface area contributed by atoms with E-state index >= 15 is 0 Å². The van der Waals surface area contributed by atoms with Crippen molar-refractivity contribution in [3.8, 4) is 0 Å². The number of thiazole rings is 1. The molecule has 4 heteroatoms. The lowest BCUT2D eigenvalue weighted by Crippen LogP contribution is -2.07. The predicted octanol–water partition coefficient (Wildman–Crippen LogP) is 2.82. The lowest BCUT2D eigenvalue weighted by molar-refractivity contribution is 0.0973. The van der Waals surface area contributed by atoms with Crippen LogP contribution >= 0.6 is 11.3 Å². The van der Waals surface area contributed by atoms with Gasteiger partial charge < -0.3 is 4.57 Å². The molecule has 1 aliphatic rings. The molecule has 0 radical (unpaired) electrons. The summed E-state index contributed by atoms with van der Waals surface area (Å²) < 4.78 is 2.09. The Morgan fingerprint density at radius 1 is 1.41 bits per heavy atom. The molecule has 17 heavy (non-hydrogen) atoms. The van der Waals surface area contributed by atoms with Gasteiger partial charge in [-0.1, -0.05) is 0 Å². The van der Waals surface area contributed by atoms with E-state index in [1.807, 2.05) is 13.1 Å². The summed E-state index contributed by atoms with van der Waals surface area (Å²) in [5, 5.41) is 3.16. The smallest absolute Gasteiger partial charge is 0.164 e. The molecule has 0 aliphatic heterocycles. The molecule has 0 fully saturated rings. The standard InChI is InChI=1S/C13H14N2OS/c1-9-8-17-13(14-9)7-15-5-10-3-2-4-12(16)11(10)6-15/h5-6,8H,2-4,7H2,1H3. The van der Waals surface area contributed by atoms with Gasteiger partial charge in [0.05, 0.1) is 6.54 Å². The molecule has 3 rings (SSSR count). The number of nitrogens with zero attached hydrogens (tertiary/aromatic N) is 2. The van der Waals surface area contributed by atoms with Crippen molar-refractivity contribution in [2.24, 2.45) is 0 Å². The summed E-state index contributed by atoms with van der Waals surface area (Å²) in [5.41, 5.74) is 3.19. The van der Waals surface area contributed by atoms with Crippen LogP contribution in [0.15, 0.2) is 17.8 Å². The summed E-state index contributed by atoms with van der Waals surface area (Å²) in [6.45, 7) is 2.78. The Bertz CT molecular complexity index is 568. The molecule has 0 amide bonds. The third kappa shape index (κ3) is 2.05. The van der Waals surface area contributed by atoms with Crippen molar-refractivity contribution >= 4 is 17.1 Å². The van der Waals surface area contributed by atoms with Gasteiger partial charge in [-0.3, -0.25) is 4.79 Å². The third-order valence-corrected chi connectivity index (χ3v) is 4.05. The second kappa shape index (κ2) is 4.11. The normalized spacial score (nSPS) is 15.0. The number of carbonyl (C=O) groups excluding carboxylic acids is 1. The zero-order chi connectivity index (χ0) is 11.8. The zero-order valence-electron chi connectivity index (χ0n) is 9.77. The van der Waals surface area contributed by atoms with Crippen molar-refractivity contribution in [3.05, 3.63) is 39.6 Å². The van der Waals surface area contributed by atoms with Gasteiger partial charge in [-0.15, -0.1) is 11.3 Å². The number of carbonyl (C=O) groups is 1. The number of rotatable bonds is 2. The molecule has 88 valence electrons. The van der Waals surface area contributed by atoms with Crippen molar-refractivity contribution in [1.29, 1.82) is 0 Å². The van der Waals surface area contributed by atoms with E-state index < -0.39 is 0 Å². The van der Waals surface area contributed by atoms with E-state index in [0.717, 1.165) is 35.7 Å². The highest BCUT2D eigenvalue weighted by Crippen LogP contribution is 2.23. The number of ketones is 1. The molecule has 2 heterocycles. The molecule has 0 aromatic carbocycles. The van der Waals surface area contributed by atoms with Gasteiger partial charge in [0.1, 0.15) is 5.01 Å². The van der Waals surface area contributed by atoms with Gasteiger partial charge in [-0.25, -0.2) is 4.98 Å². The van der Waals surface area contributed by atoms with E-state index in [4.69, 9.17) is 0 Å². The van der Waals surface area contributed by atoms with Gasteiger partial charge in [0.25, 0.3) is 0 Å². The number of hydrogen-bond acceptors (Lipinski definition) is 3.